The third-order valence-corrected chi connectivity index (χ3v) is 9.42. The maximum Gasteiger partial charge on any atom is 0.410 e. The summed E-state index contributed by atoms with van der Waals surface area (Å²) in [5.41, 5.74) is 1.03. The SMILES string of the molecule is Cc1cc(-n2c(Cl)cc3c(=O)n(CC4(O)CCN(C(=O)c5ccc(F)cc5)CC4)cnc32)ccc1[C@H]1CO[C@H](C)CN1C(=O)OC(C)(C)C. The second-order valence-electron chi connectivity index (χ2n) is 14.1. The number of fused-ring (bicyclic) bond motifs is 1. The van der Waals surface area contributed by atoms with E-state index in [1.54, 1.807) is 20.4 Å². The Hall–Kier alpha value is -4.26. The highest BCUT2D eigenvalue weighted by Gasteiger charge is 2.37. The normalized spacial score (nSPS) is 19.7. The number of hydrogen-bond donors (Lipinski definition) is 1. The van der Waals surface area contributed by atoms with E-state index in [1.807, 2.05) is 52.8 Å². The van der Waals surface area contributed by atoms with Crippen molar-refractivity contribution in [2.75, 3.05) is 26.2 Å². The molecule has 260 valence electrons. The number of hydrogen-bond acceptors (Lipinski definition) is 7. The number of carbonyl (C=O) groups is 2. The molecule has 0 radical (unpaired) electrons. The first kappa shape index (κ1) is 34.6. The average molecular weight is 694 g/mol. The van der Waals surface area contributed by atoms with E-state index in [9.17, 15) is 23.9 Å². The van der Waals surface area contributed by atoms with Crippen LogP contribution in [0.2, 0.25) is 5.15 Å². The summed E-state index contributed by atoms with van der Waals surface area (Å²) in [7, 11) is 0. The number of nitrogens with zero attached hydrogens (tertiary/aromatic N) is 5. The Morgan fingerprint density at radius 1 is 1.12 bits per heavy atom. The van der Waals surface area contributed by atoms with Gasteiger partial charge in [0.1, 0.15) is 22.9 Å². The quantitative estimate of drug-likeness (QED) is 0.287. The molecular weight excluding hydrogens is 653 g/mol. The molecule has 11 nitrogen and oxygen atoms in total. The van der Waals surface area contributed by atoms with Crippen LogP contribution in [-0.4, -0.2) is 84.6 Å². The predicted octanol–water partition coefficient (Wildman–Crippen LogP) is 5.65. The van der Waals surface area contributed by atoms with Gasteiger partial charge < -0.3 is 19.5 Å². The Kier molecular flexibility index (Phi) is 9.33. The molecule has 4 heterocycles. The van der Waals surface area contributed by atoms with Gasteiger partial charge in [0.25, 0.3) is 11.5 Å². The fraction of sp³-hybridized carbons (Fsp3) is 0.444. The van der Waals surface area contributed by atoms with E-state index in [0.717, 1.165) is 11.1 Å². The number of aryl methyl sites for hydroxylation is 1. The molecule has 1 N–H and O–H groups in total. The highest BCUT2D eigenvalue weighted by molar-refractivity contribution is 6.31. The number of amides is 2. The van der Waals surface area contributed by atoms with Crippen molar-refractivity contribution in [1.82, 2.24) is 23.9 Å². The molecule has 0 unspecified atom stereocenters. The first-order chi connectivity index (χ1) is 23.1. The van der Waals surface area contributed by atoms with E-state index in [4.69, 9.17) is 21.1 Å². The zero-order chi connectivity index (χ0) is 35.2. The number of benzene rings is 2. The van der Waals surface area contributed by atoms with Crippen LogP contribution in [0, 0.1) is 12.7 Å². The van der Waals surface area contributed by atoms with Gasteiger partial charge in [0.05, 0.1) is 42.8 Å². The van der Waals surface area contributed by atoms with Crippen molar-refractivity contribution in [2.24, 2.45) is 0 Å². The molecule has 2 atom stereocenters. The minimum Gasteiger partial charge on any atom is -0.444 e. The Bertz CT molecular complexity index is 1940. The molecular formula is C36H41ClFN5O6. The summed E-state index contributed by atoms with van der Waals surface area (Å²) in [5, 5.41) is 12.0. The second kappa shape index (κ2) is 13.2. The molecule has 0 spiro atoms. The summed E-state index contributed by atoms with van der Waals surface area (Å²) in [4.78, 5) is 47.6. The van der Waals surface area contributed by atoms with Gasteiger partial charge in [-0.2, -0.15) is 0 Å². The van der Waals surface area contributed by atoms with E-state index in [1.165, 1.54) is 35.2 Å². The molecule has 0 aliphatic carbocycles. The number of aromatic nitrogens is 3. The molecule has 6 rings (SSSR count). The smallest absolute Gasteiger partial charge is 0.410 e. The van der Waals surface area contributed by atoms with Gasteiger partial charge >= 0.3 is 6.09 Å². The van der Waals surface area contributed by atoms with Crippen molar-refractivity contribution < 1.29 is 28.6 Å². The Morgan fingerprint density at radius 3 is 2.47 bits per heavy atom. The summed E-state index contributed by atoms with van der Waals surface area (Å²) < 4.78 is 28.0. The van der Waals surface area contributed by atoms with E-state index in [0.29, 0.717) is 40.6 Å². The topological polar surface area (TPSA) is 119 Å². The lowest BCUT2D eigenvalue weighted by Gasteiger charge is -2.40. The molecule has 0 saturated carbocycles. The van der Waals surface area contributed by atoms with Crippen LogP contribution in [0.1, 0.15) is 68.1 Å². The summed E-state index contributed by atoms with van der Waals surface area (Å²) in [5.74, 6) is -0.651. The number of ether oxygens (including phenoxy) is 2. The van der Waals surface area contributed by atoms with Gasteiger partial charge in [-0.05, 0) is 101 Å². The Labute approximate surface area is 288 Å². The van der Waals surface area contributed by atoms with Crippen molar-refractivity contribution in [2.45, 2.75) is 77.4 Å². The van der Waals surface area contributed by atoms with Crippen LogP contribution in [0.15, 0.2) is 59.7 Å². The van der Waals surface area contributed by atoms with Gasteiger partial charge in [0, 0.05) is 24.3 Å². The number of likely N-dealkylation sites (tertiary alicyclic amines) is 1. The van der Waals surface area contributed by atoms with Gasteiger partial charge in [-0.15, -0.1) is 0 Å². The molecule has 2 aliphatic rings. The van der Waals surface area contributed by atoms with E-state index in [-0.39, 0.29) is 56.1 Å². The molecule has 2 saturated heterocycles. The Balaban J connectivity index is 1.21. The average Bonchev–Trinajstić information content (AvgIpc) is 3.38. The zero-order valence-corrected chi connectivity index (χ0v) is 29.0. The lowest BCUT2D eigenvalue weighted by Crippen LogP contribution is -2.49. The van der Waals surface area contributed by atoms with Gasteiger partial charge in [-0.25, -0.2) is 14.2 Å². The number of rotatable bonds is 5. The highest BCUT2D eigenvalue weighted by atomic mass is 35.5. The third-order valence-electron chi connectivity index (χ3n) is 9.14. The first-order valence-corrected chi connectivity index (χ1v) is 16.8. The van der Waals surface area contributed by atoms with Crippen molar-refractivity contribution in [1.29, 1.82) is 0 Å². The number of carbonyl (C=O) groups excluding carboxylic acids is 2. The summed E-state index contributed by atoms with van der Waals surface area (Å²) in [6.07, 6.45) is 1.40. The lowest BCUT2D eigenvalue weighted by atomic mass is 9.91. The monoisotopic (exact) mass is 693 g/mol. The fourth-order valence-corrected chi connectivity index (χ4v) is 6.86. The molecule has 4 aromatic rings. The molecule has 2 aliphatic heterocycles. The maximum absolute atomic E-state index is 13.7. The lowest BCUT2D eigenvalue weighted by molar-refractivity contribution is -0.0645. The van der Waals surface area contributed by atoms with E-state index in [2.05, 4.69) is 4.98 Å². The molecule has 49 heavy (non-hydrogen) atoms. The van der Waals surface area contributed by atoms with Crippen LogP contribution in [0.25, 0.3) is 16.7 Å². The molecule has 2 aromatic carbocycles. The van der Waals surface area contributed by atoms with Gasteiger partial charge in [0.15, 0.2) is 5.65 Å². The van der Waals surface area contributed by atoms with Gasteiger partial charge in [0.2, 0.25) is 0 Å². The minimum absolute atomic E-state index is 0.000180. The third kappa shape index (κ3) is 7.22. The van der Waals surface area contributed by atoms with E-state index < -0.39 is 23.1 Å². The molecule has 2 amide bonds. The number of piperidine rings is 1. The maximum atomic E-state index is 13.7. The number of aliphatic hydroxyl groups is 1. The summed E-state index contributed by atoms with van der Waals surface area (Å²) >= 11 is 6.71. The summed E-state index contributed by atoms with van der Waals surface area (Å²) in [6, 6.07) is 12.3. The fourth-order valence-electron chi connectivity index (χ4n) is 6.58. The summed E-state index contributed by atoms with van der Waals surface area (Å²) in [6.45, 7) is 10.7. The molecule has 2 aromatic heterocycles. The van der Waals surface area contributed by atoms with Gasteiger partial charge in [-0.1, -0.05) is 17.7 Å². The van der Waals surface area contributed by atoms with Crippen molar-refractivity contribution in [3.8, 4) is 5.69 Å². The van der Waals surface area contributed by atoms with Crippen LogP contribution >= 0.6 is 11.6 Å². The number of halogens is 2. The first-order valence-electron chi connectivity index (χ1n) is 16.4. The van der Waals surface area contributed by atoms with Gasteiger partial charge in [-0.3, -0.25) is 23.6 Å². The molecule has 13 heteroatoms. The van der Waals surface area contributed by atoms with Crippen LogP contribution in [0.5, 0.6) is 0 Å². The molecule has 2 fully saturated rings. The zero-order valence-electron chi connectivity index (χ0n) is 28.3. The Morgan fingerprint density at radius 2 is 1.82 bits per heavy atom. The van der Waals surface area contributed by atoms with Crippen molar-refractivity contribution in [3.63, 3.8) is 0 Å². The molecule has 0 bridgehead atoms. The van der Waals surface area contributed by atoms with Crippen LogP contribution in [-0.2, 0) is 16.0 Å². The number of morpholine rings is 1. The van der Waals surface area contributed by atoms with Crippen LogP contribution < -0.4 is 5.56 Å². The van der Waals surface area contributed by atoms with Crippen LogP contribution in [0.4, 0.5) is 9.18 Å². The standard InChI is InChI=1S/C36H41ClFN5O6/c1-22-16-26(10-11-27(22)29-19-48-23(2)18-42(29)34(46)49-35(3,4)5)43-30(37)17-28-31(43)39-21-41(33(28)45)20-36(47)12-14-40(15-13-36)32(44)24-6-8-25(38)9-7-24/h6-11,16-17,21,23,29,47H,12-15,18-20H2,1-5H3/t23-,29-/m1/s1. The van der Waals surface area contributed by atoms with Crippen molar-refractivity contribution >= 4 is 34.6 Å². The van der Waals surface area contributed by atoms with E-state index >= 15 is 0 Å². The van der Waals surface area contributed by atoms with Crippen molar-refractivity contribution in [3.05, 3.63) is 92.9 Å². The predicted molar refractivity (Wildman–Crippen MR) is 183 cm³/mol. The second-order valence-corrected chi connectivity index (χ2v) is 14.5. The van der Waals surface area contributed by atoms with Crippen LogP contribution in [0.3, 0.4) is 0 Å². The largest absolute Gasteiger partial charge is 0.444 e. The highest BCUT2D eigenvalue weighted by Crippen LogP contribution is 2.33. The minimum atomic E-state index is -1.23.